The third-order valence-corrected chi connectivity index (χ3v) is 3.24. The second kappa shape index (κ2) is 5.69. The van der Waals surface area contributed by atoms with Crippen LogP contribution in [0.5, 0.6) is 0 Å². The molecule has 0 saturated carbocycles. The van der Waals surface area contributed by atoms with Crippen molar-refractivity contribution in [2.45, 2.75) is 44.8 Å². The lowest BCUT2D eigenvalue weighted by Crippen LogP contribution is -2.54. The van der Waals surface area contributed by atoms with Gasteiger partial charge in [-0.25, -0.2) is 0 Å². The first-order valence-electron chi connectivity index (χ1n) is 5.65. The molecule has 3 nitrogen and oxygen atoms in total. The van der Waals surface area contributed by atoms with Crippen LogP contribution in [0, 0.1) is 0 Å². The summed E-state index contributed by atoms with van der Waals surface area (Å²) < 4.78 is 11.1. The molecule has 0 aromatic rings. The van der Waals surface area contributed by atoms with Gasteiger partial charge in [0.2, 0.25) is 0 Å². The Bertz CT molecular complexity index is 155. The zero-order valence-electron chi connectivity index (χ0n) is 9.64. The SMILES string of the molecule is CCNC(CC)C1(OC)CCOCC1. The van der Waals surface area contributed by atoms with Gasteiger partial charge in [-0.2, -0.15) is 0 Å². The highest BCUT2D eigenvalue weighted by atomic mass is 16.5. The first-order chi connectivity index (χ1) is 6.79. The van der Waals surface area contributed by atoms with Crippen molar-refractivity contribution in [2.24, 2.45) is 0 Å². The molecule has 1 heterocycles. The van der Waals surface area contributed by atoms with E-state index in [4.69, 9.17) is 9.47 Å². The summed E-state index contributed by atoms with van der Waals surface area (Å²) in [6.45, 7) is 7.02. The number of nitrogens with one attached hydrogen (secondary N) is 1. The van der Waals surface area contributed by atoms with E-state index in [9.17, 15) is 0 Å². The van der Waals surface area contributed by atoms with Gasteiger partial charge in [-0.15, -0.1) is 0 Å². The highest BCUT2D eigenvalue weighted by Crippen LogP contribution is 2.29. The molecule has 1 rings (SSSR count). The van der Waals surface area contributed by atoms with Crippen LogP contribution in [0.25, 0.3) is 0 Å². The average molecular weight is 201 g/mol. The third kappa shape index (κ3) is 2.47. The molecule has 0 aromatic heterocycles. The van der Waals surface area contributed by atoms with Crippen LogP contribution in [-0.4, -0.2) is 38.5 Å². The second-order valence-electron chi connectivity index (χ2n) is 3.90. The fraction of sp³-hybridized carbons (Fsp3) is 1.00. The van der Waals surface area contributed by atoms with Crippen molar-refractivity contribution in [3.63, 3.8) is 0 Å². The molecule has 1 aliphatic heterocycles. The number of hydrogen-bond acceptors (Lipinski definition) is 3. The molecule has 84 valence electrons. The Kier molecular flexibility index (Phi) is 4.85. The summed E-state index contributed by atoms with van der Waals surface area (Å²) in [6.07, 6.45) is 3.13. The molecule has 1 atom stereocenters. The first-order valence-corrected chi connectivity index (χ1v) is 5.65. The van der Waals surface area contributed by atoms with Crippen LogP contribution >= 0.6 is 0 Å². The zero-order valence-corrected chi connectivity index (χ0v) is 9.64. The summed E-state index contributed by atoms with van der Waals surface area (Å²) >= 11 is 0. The van der Waals surface area contributed by atoms with E-state index in [-0.39, 0.29) is 5.60 Å². The van der Waals surface area contributed by atoms with Gasteiger partial charge in [0.15, 0.2) is 0 Å². The van der Waals surface area contributed by atoms with Crippen molar-refractivity contribution >= 4 is 0 Å². The summed E-state index contributed by atoms with van der Waals surface area (Å²) in [5, 5.41) is 3.51. The van der Waals surface area contributed by atoms with Gasteiger partial charge in [-0.1, -0.05) is 13.8 Å². The minimum atomic E-state index is 0.00299. The second-order valence-corrected chi connectivity index (χ2v) is 3.90. The van der Waals surface area contributed by atoms with E-state index < -0.39 is 0 Å². The predicted molar refractivity (Wildman–Crippen MR) is 57.5 cm³/mol. The van der Waals surface area contributed by atoms with Gasteiger partial charge in [0.25, 0.3) is 0 Å². The lowest BCUT2D eigenvalue weighted by molar-refractivity contribution is -0.110. The summed E-state index contributed by atoms with van der Waals surface area (Å²) in [5.74, 6) is 0. The van der Waals surface area contributed by atoms with Crippen molar-refractivity contribution in [3.05, 3.63) is 0 Å². The monoisotopic (exact) mass is 201 g/mol. The smallest absolute Gasteiger partial charge is 0.0874 e. The van der Waals surface area contributed by atoms with E-state index in [1.165, 1.54) is 0 Å². The normalized spacial score (nSPS) is 23.4. The molecule has 0 aliphatic carbocycles. The van der Waals surface area contributed by atoms with E-state index >= 15 is 0 Å². The lowest BCUT2D eigenvalue weighted by atomic mass is 9.84. The zero-order chi connectivity index (χ0) is 10.4. The number of ether oxygens (including phenoxy) is 2. The topological polar surface area (TPSA) is 30.5 Å². The van der Waals surface area contributed by atoms with Gasteiger partial charge in [0.05, 0.1) is 5.60 Å². The number of methoxy groups -OCH3 is 1. The number of hydrogen-bond donors (Lipinski definition) is 1. The van der Waals surface area contributed by atoms with Crippen molar-refractivity contribution in [1.82, 2.24) is 5.32 Å². The van der Waals surface area contributed by atoms with E-state index in [0.29, 0.717) is 6.04 Å². The van der Waals surface area contributed by atoms with E-state index in [2.05, 4.69) is 19.2 Å². The van der Waals surface area contributed by atoms with Crippen molar-refractivity contribution in [2.75, 3.05) is 26.9 Å². The Balaban J connectivity index is 2.63. The van der Waals surface area contributed by atoms with Crippen molar-refractivity contribution in [3.8, 4) is 0 Å². The molecule has 1 unspecified atom stereocenters. The van der Waals surface area contributed by atoms with E-state index in [0.717, 1.165) is 39.0 Å². The molecule has 1 saturated heterocycles. The van der Waals surface area contributed by atoms with E-state index in [1.54, 1.807) is 0 Å². The van der Waals surface area contributed by atoms with Gasteiger partial charge < -0.3 is 14.8 Å². The van der Waals surface area contributed by atoms with Crippen LogP contribution in [0.15, 0.2) is 0 Å². The Morgan fingerprint density at radius 3 is 2.43 bits per heavy atom. The molecule has 0 amide bonds. The molecule has 3 heteroatoms. The van der Waals surface area contributed by atoms with Crippen LogP contribution in [0.3, 0.4) is 0 Å². The predicted octanol–water partition coefficient (Wildman–Crippen LogP) is 1.57. The van der Waals surface area contributed by atoms with Gasteiger partial charge in [0, 0.05) is 39.2 Å². The van der Waals surface area contributed by atoms with E-state index in [1.807, 2.05) is 7.11 Å². The fourth-order valence-corrected chi connectivity index (χ4v) is 2.36. The van der Waals surface area contributed by atoms with Crippen LogP contribution in [0.4, 0.5) is 0 Å². The fourth-order valence-electron chi connectivity index (χ4n) is 2.36. The van der Waals surface area contributed by atoms with Gasteiger partial charge in [-0.05, 0) is 13.0 Å². The Morgan fingerprint density at radius 1 is 1.36 bits per heavy atom. The molecule has 0 spiro atoms. The van der Waals surface area contributed by atoms with Crippen molar-refractivity contribution in [1.29, 1.82) is 0 Å². The third-order valence-electron chi connectivity index (χ3n) is 3.24. The van der Waals surface area contributed by atoms with Crippen LogP contribution in [0.1, 0.15) is 33.1 Å². The highest BCUT2D eigenvalue weighted by molar-refractivity contribution is 4.93. The van der Waals surface area contributed by atoms with Gasteiger partial charge >= 0.3 is 0 Å². The molecule has 0 radical (unpaired) electrons. The highest BCUT2D eigenvalue weighted by Gasteiger charge is 2.39. The van der Waals surface area contributed by atoms with Gasteiger partial charge in [0.1, 0.15) is 0 Å². The van der Waals surface area contributed by atoms with Crippen LogP contribution in [0.2, 0.25) is 0 Å². The van der Waals surface area contributed by atoms with Crippen molar-refractivity contribution < 1.29 is 9.47 Å². The summed E-state index contributed by atoms with van der Waals surface area (Å²) in [5.41, 5.74) is 0.00299. The molecule has 1 fully saturated rings. The number of likely N-dealkylation sites (N-methyl/N-ethyl adjacent to an activating group) is 1. The maximum atomic E-state index is 5.74. The number of rotatable bonds is 5. The minimum Gasteiger partial charge on any atom is -0.381 e. The molecule has 1 aliphatic rings. The maximum absolute atomic E-state index is 5.74. The summed E-state index contributed by atoms with van der Waals surface area (Å²) in [7, 11) is 1.82. The average Bonchev–Trinajstić information content (AvgIpc) is 2.27. The maximum Gasteiger partial charge on any atom is 0.0874 e. The van der Waals surface area contributed by atoms with Crippen LogP contribution in [-0.2, 0) is 9.47 Å². The Labute approximate surface area is 87.2 Å². The molecular formula is C11H23NO2. The largest absolute Gasteiger partial charge is 0.381 e. The molecular weight excluding hydrogens is 178 g/mol. The molecule has 0 aromatic carbocycles. The first kappa shape index (κ1) is 12.0. The molecule has 14 heavy (non-hydrogen) atoms. The standard InChI is InChI=1S/C11H23NO2/c1-4-10(12-5-2)11(13-3)6-8-14-9-7-11/h10,12H,4-9H2,1-3H3. The summed E-state index contributed by atoms with van der Waals surface area (Å²) in [4.78, 5) is 0. The molecule has 1 N–H and O–H groups in total. The lowest BCUT2D eigenvalue weighted by Gasteiger charge is -2.42. The Morgan fingerprint density at radius 2 is 2.00 bits per heavy atom. The Hall–Kier alpha value is -0.120. The van der Waals surface area contributed by atoms with Crippen LogP contribution < -0.4 is 5.32 Å². The summed E-state index contributed by atoms with van der Waals surface area (Å²) in [6, 6.07) is 0.460. The van der Waals surface area contributed by atoms with Gasteiger partial charge in [-0.3, -0.25) is 0 Å². The minimum absolute atomic E-state index is 0.00299. The quantitative estimate of drug-likeness (QED) is 0.732. The molecule has 0 bridgehead atoms.